The second-order valence-corrected chi connectivity index (χ2v) is 3.43. The molecule has 2 aliphatic rings. The zero-order valence-corrected chi connectivity index (χ0v) is 6.90. The van der Waals surface area contributed by atoms with E-state index < -0.39 is 0 Å². The quantitative estimate of drug-likeness (QED) is 0.588. The molecule has 0 spiro atoms. The monoisotopic (exact) mass is 153 g/mol. The van der Waals surface area contributed by atoms with Crippen LogP contribution in [0.3, 0.4) is 0 Å². The van der Waals surface area contributed by atoms with Crippen molar-refractivity contribution in [2.75, 3.05) is 13.2 Å². The molecule has 62 valence electrons. The van der Waals surface area contributed by atoms with Gasteiger partial charge in [0, 0.05) is 12.1 Å². The first-order chi connectivity index (χ1) is 5.36. The lowest BCUT2D eigenvalue weighted by molar-refractivity contribution is 0.130. The number of aliphatic hydroxyl groups excluding tert-OH is 1. The van der Waals surface area contributed by atoms with Crippen molar-refractivity contribution in [3.63, 3.8) is 0 Å². The molecule has 1 aliphatic carbocycles. The Bertz CT molecular complexity index is 160. The summed E-state index contributed by atoms with van der Waals surface area (Å²) in [5.74, 6) is 0.630. The summed E-state index contributed by atoms with van der Waals surface area (Å²) in [6, 6.07) is 1.04. The number of nitrogens with zero attached hydrogens (tertiary/aromatic N) is 1. The van der Waals surface area contributed by atoms with Gasteiger partial charge in [-0.1, -0.05) is 19.1 Å². The van der Waals surface area contributed by atoms with Crippen molar-refractivity contribution < 1.29 is 5.11 Å². The average Bonchev–Trinajstić information content (AvgIpc) is 2.60. The zero-order valence-electron chi connectivity index (χ0n) is 6.90. The molecule has 3 unspecified atom stereocenters. The summed E-state index contributed by atoms with van der Waals surface area (Å²) in [5.41, 5.74) is 0. The van der Waals surface area contributed by atoms with Crippen molar-refractivity contribution in [2.45, 2.75) is 25.4 Å². The molecule has 0 radical (unpaired) electrons. The first kappa shape index (κ1) is 7.32. The van der Waals surface area contributed by atoms with Gasteiger partial charge in [0.1, 0.15) is 0 Å². The van der Waals surface area contributed by atoms with Crippen molar-refractivity contribution in [1.29, 1.82) is 0 Å². The van der Waals surface area contributed by atoms with Crippen molar-refractivity contribution in [2.24, 2.45) is 5.92 Å². The molecule has 0 amide bonds. The second-order valence-electron chi connectivity index (χ2n) is 3.43. The van der Waals surface area contributed by atoms with E-state index in [4.69, 9.17) is 5.11 Å². The Morgan fingerprint density at radius 3 is 2.91 bits per heavy atom. The largest absolute Gasteiger partial charge is 0.395 e. The lowest BCUT2D eigenvalue weighted by Gasteiger charge is -2.29. The molecule has 0 aromatic heterocycles. The Morgan fingerprint density at radius 1 is 1.55 bits per heavy atom. The Morgan fingerprint density at radius 2 is 2.36 bits per heavy atom. The minimum atomic E-state index is 0.319. The van der Waals surface area contributed by atoms with Crippen molar-refractivity contribution in [3.05, 3.63) is 12.2 Å². The van der Waals surface area contributed by atoms with E-state index in [1.54, 1.807) is 0 Å². The topological polar surface area (TPSA) is 23.5 Å². The Labute approximate surface area is 67.5 Å². The van der Waals surface area contributed by atoms with Crippen molar-refractivity contribution >= 4 is 0 Å². The van der Waals surface area contributed by atoms with E-state index in [1.807, 2.05) is 0 Å². The van der Waals surface area contributed by atoms with Crippen LogP contribution < -0.4 is 0 Å². The number of rotatable bonds is 2. The molecular formula is C9H15NO. The number of likely N-dealkylation sites (N-methyl/N-ethyl adjacent to an activating group) is 1. The first-order valence-electron chi connectivity index (χ1n) is 4.41. The van der Waals surface area contributed by atoms with Gasteiger partial charge >= 0.3 is 0 Å². The molecule has 2 nitrogen and oxygen atoms in total. The van der Waals surface area contributed by atoms with Crippen molar-refractivity contribution in [3.8, 4) is 0 Å². The van der Waals surface area contributed by atoms with Gasteiger partial charge in [-0.15, -0.1) is 0 Å². The molecule has 2 rings (SSSR count). The standard InChI is InChI=1S/C9H15NO/c1-2-10-8-4-3-7(5-8)9(10)6-11/h3-4,7-9,11H,2,5-6H2,1H3. The minimum absolute atomic E-state index is 0.319. The van der Waals surface area contributed by atoms with Gasteiger partial charge in [0.05, 0.1) is 6.61 Å². The van der Waals surface area contributed by atoms with Crippen molar-refractivity contribution in [1.82, 2.24) is 4.90 Å². The maximum Gasteiger partial charge on any atom is 0.0592 e. The number of aliphatic hydroxyl groups is 1. The van der Waals surface area contributed by atoms with Crippen LogP contribution in [-0.2, 0) is 0 Å². The normalized spacial score (nSPS) is 42.2. The number of hydrogen-bond acceptors (Lipinski definition) is 2. The smallest absolute Gasteiger partial charge is 0.0592 e. The van der Waals surface area contributed by atoms with Gasteiger partial charge in [-0.2, -0.15) is 0 Å². The van der Waals surface area contributed by atoms with Gasteiger partial charge in [0.2, 0.25) is 0 Å². The van der Waals surface area contributed by atoms with E-state index in [0.717, 1.165) is 6.54 Å². The van der Waals surface area contributed by atoms with E-state index in [9.17, 15) is 0 Å². The molecule has 1 saturated heterocycles. The van der Waals surface area contributed by atoms with Gasteiger partial charge in [0.25, 0.3) is 0 Å². The molecule has 1 N–H and O–H groups in total. The van der Waals surface area contributed by atoms with Crippen LogP contribution in [0.2, 0.25) is 0 Å². The summed E-state index contributed by atoms with van der Waals surface area (Å²) in [6.07, 6.45) is 5.77. The molecule has 3 atom stereocenters. The Hall–Kier alpha value is -0.340. The van der Waals surface area contributed by atoms with Crippen LogP contribution in [0, 0.1) is 5.92 Å². The van der Waals surface area contributed by atoms with Crippen LogP contribution in [0.5, 0.6) is 0 Å². The predicted molar refractivity (Wildman–Crippen MR) is 44.3 cm³/mol. The summed E-state index contributed by atoms with van der Waals surface area (Å²) >= 11 is 0. The lowest BCUT2D eigenvalue weighted by Crippen LogP contribution is -2.40. The summed E-state index contributed by atoms with van der Waals surface area (Å²) in [7, 11) is 0. The Balaban J connectivity index is 2.15. The third kappa shape index (κ3) is 0.932. The summed E-state index contributed by atoms with van der Waals surface area (Å²) in [6.45, 7) is 3.55. The molecule has 1 aliphatic heterocycles. The van der Waals surface area contributed by atoms with E-state index in [2.05, 4.69) is 24.0 Å². The second kappa shape index (κ2) is 2.61. The fourth-order valence-electron chi connectivity index (χ4n) is 2.44. The summed E-state index contributed by atoms with van der Waals surface area (Å²) < 4.78 is 0. The van der Waals surface area contributed by atoms with E-state index >= 15 is 0 Å². The van der Waals surface area contributed by atoms with Gasteiger partial charge in [0.15, 0.2) is 0 Å². The van der Waals surface area contributed by atoms with Crippen LogP contribution in [0.15, 0.2) is 12.2 Å². The van der Waals surface area contributed by atoms with E-state index in [1.165, 1.54) is 6.42 Å². The predicted octanol–water partition coefficient (Wildman–Crippen LogP) is 0.628. The van der Waals surface area contributed by atoms with Crippen LogP contribution >= 0.6 is 0 Å². The summed E-state index contributed by atoms with van der Waals surface area (Å²) in [5, 5.41) is 9.11. The molecule has 0 aromatic rings. The fraction of sp³-hybridized carbons (Fsp3) is 0.778. The highest BCUT2D eigenvalue weighted by atomic mass is 16.3. The lowest BCUT2D eigenvalue weighted by atomic mass is 10.0. The molecule has 1 heterocycles. The van der Waals surface area contributed by atoms with Crippen LogP contribution in [-0.4, -0.2) is 35.2 Å². The highest BCUT2D eigenvalue weighted by Gasteiger charge is 2.40. The molecule has 2 heteroatoms. The van der Waals surface area contributed by atoms with Gasteiger partial charge in [-0.25, -0.2) is 0 Å². The SMILES string of the molecule is CCN1C2C=CC(C2)C1CO. The third-order valence-corrected chi connectivity index (χ3v) is 2.99. The molecular weight excluding hydrogens is 138 g/mol. The minimum Gasteiger partial charge on any atom is -0.395 e. The van der Waals surface area contributed by atoms with Gasteiger partial charge in [-0.3, -0.25) is 4.90 Å². The van der Waals surface area contributed by atoms with Gasteiger partial charge < -0.3 is 5.11 Å². The maximum absolute atomic E-state index is 9.11. The molecule has 11 heavy (non-hydrogen) atoms. The number of likely N-dealkylation sites (tertiary alicyclic amines) is 1. The zero-order chi connectivity index (χ0) is 7.84. The van der Waals surface area contributed by atoms with Crippen LogP contribution in [0.25, 0.3) is 0 Å². The molecule has 0 saturated carbocycles. The first-order valence-corrected chi connectivity index (χ1v) is 4.41. The Kier molecular flexibility index (Phi) is 1.74. The summed E-state index contributed by atoms with van der Waals surface area (Å²) in [4.78, 5) is 2.39. The van der Waals surface area contributed by atoms with E-state index in [-0.39, 0.29) is 0 Å². The van der Waals surface area contributed by atoms with Gasteiger partial charge in [-0.05, 0) is 18.9 Å². The van der Waals surface area contributed by atoms with Crippen LogP contribution in [0.1, 0.15) is 13.3 Å². The average molecular weight is 153 g/mol. The molecule has 1 fully saturated rings. The number of fused-ring (bicyclic) bond motifs is 2. The maximum atomic E-state index is 9.11. The number of hydrogen-bond donors (Lipinski definition) is 1. The molecule has 2 bridgehead atoms. The van der Waals surface area contributed by atoms with E-state index in [0.29, 0.717) is 24.6 Å². The highest BCUT2D eigenvalue weighted by molar-refractivity contribution is 5.16. The molecule has 0 aromatic carbocycles. The van der Waals surface area contributed by atoms with Crippen LogP contribution in [0.4, 0.5) is 0 Å². The third-order valence-electron chi connectivity index (χ3n) is 2.99. The fourth-order valence-corrected chi connectivity index (χ4v) is 2.44. The highest BCUT2D eigenvalue weighted by Crippen LogP contribution is 2.36.